The van der Waals surface area contributed by atoms with Gasteiger partial charge in [0.05, 0.1) is 65.3 Å². The van der Waals surface area contributed by atoms with E-state index in [1.807, 2.05) is 88.4 Å². The molecule has 6 atom stereocenters. The minimum atomic E-state index is -1.25. The average molecular weight is 1410 g/mol. The number of amides is 6. The number of carbonyl (C=O) groups excluding carboxylic acids is 6. The molecule has 4 heterocycles. The Kier molecular flexibility index (Phi) is 39.6. The average Bonchev–Trinajstić information content (AvgIpc) is 1.14. The Morgan fingerprint density at radius 1 is 0.510 bits per heavy atom. The summed E-state index contributed by atoms with van der Waals surface area (Å²) in [6, 6.07) is 38.8. The van der Waals surface area contributed by atoms with Gasteiger partial charge in [0.15, 0.2) is 5.78 Å². The quantitative estimate of drug-likeness (QED) is 0.0291. The second kappa shape index (κ2) is 47.0. The minimum Gasteiger partial charge on any atom is -0.548 e. The number of hydrogen-bond donors (Lipinski definition) is 4. The van der Waals surface area contributed by atoms with Crippen molar-refractivity contribution in [1.82, 2.24) is 50.8 Å². The number of nitrogens with zero attached hydrogens (tertiary/aromatic N) is 6. The first-order valence-corrected chi connectivity index (χ1v) is 35.8. The van der Waals surface area contributed by atoms with E-state index >= 15 is 0 Å². The van der Waals surface area contributed by atoms with Gasteiger partial charge < -0.3 is 59.9 Å². The number of ketones is 1. The Labute approximate surface area is 631 Å². The number of urea groups is 2. The summed E-state index contributed by atoms with van der Waals surface area (Å²) in [5, 5.41) is 22.8. The summed E-state index contributed by atoms with van der Waals surface area (Å²) < 4.78 is 21.6. The number of thiazole rings is 2. The van der Waals surface area contributed by atoms with E-state index in [-0.39, 0.29) is 113 Å². The first-order valence-electron chi connectivity index (χ1n) is 34.0. The van der Waals surface area contributed by atoms with Crippen LogP contribution in [-0.2, 0) is 67.4 Å². The molecular formula is C74H103KN10O11S2. The number of aromatic nitrogens is 2. The molecular weight excluding hydrogens is 1310 g/mol. The zero-order chi connectivity index (χ0) is 69.6. The Morgan fingerprint density at radius 3 is 1.28 bits per heavy atom. The summed E-state index contributed by atoms with van der Waals surface area (Å²) in [7, 11) is 3.39. The smallest absolute Gasteiger partial charge is 0.548 e. The Hall–Kier alpha value is -6.16. The van der Waals surface area contributed by atoms with Crippen molar-refractivity contribution in [2.75, 3.05) is 79.8 Å². The SMILES string of the molecule is CC(C)N(C)C(=O)N[C@@H](CCN1CCOCC1)C(=O)C[C@H](CC[C@H](Cc1ccccc1)NC(=O)OCc1cncs1)Cc1ccccc1.CC(C)N(C)C(=O)N[C@@H](CCN1CCOCC1)C(=O)[O-].C[C@H](CC[C@H](Cc1ccccc1)NC(=O)OCc1cncs1)Cc1ccccc1.[K+]. The topological polar surface area (TPSA) is 249 Å². The number of hydrogen-bond acceptors (Lipinski definition) is 17. The zero-order valence-corrected chi connectivity index (χ0v) is 63.5. The second-order valence-corrected chi connectivity index (χ2v) is 27.5. The van der Waals surface area contributed by atoms with Gasteiger partial charge in [0.2, 0.25) is 0 Å². The fourth-order valence-corrected chi connectivity index (χ4v) is 12.1. The fraction of sp³-hybridized carbons (Fsp3) is 0.514. The molecule has 24 heteroatoms. The van der Waals surface area contributed by atoms with Crippen molar-refractivity contribution in [2.24, 2.45) is 11.8 Å². The van der Waals surface area contributed by atoms with Crippen LogP contribution in [0.2, 0.25) is 0 Å². The summed E-state index contributed by atoms with van der Waals surface area (Å²) in [4.78, 5) is 92.8. The van der Waals surface area contributed by atoms with Gasteiger partial charge in [-0.3, -0.25) is 24.6 Å². The zero-order valence-electron chi connectivity index (χ0n) is 58.7. The van der Waals surface area contributed by atoms with Crippen LogP contribution in [0.1, 0.15) is 112 Å². The van der Waals surface area contributed by atoms with Crippen LogP contribution >= 0.6 is 22.7 Å². The molecule has 21 nitrogen and oxygen atoms in total. The van der Waals surface area contributed by atoms with Gasteiger partial charge in [-0.05, 0) is 126 Å². The Bertz CT molecular complexity index is 3150. The van der Waals surface area contributed by atoms with Gasteiger partial charge in [-0.15, -0.1) is 22.7 Å². The van der Waals surface area contributed by atoms with Crippen LogP contribution in [0, 0.1) is 11.8 Å². The second-order valence-electron chi connectivity index (χ2n) is 25.5. The number of Topliss-reactive ketones (excluding diaryl/α,β-unsaturated/α-hetero) is 1. The fourth-order valence-electron chi connectivity index (χ4n) is 11.1. The van der Waals surface area contributed by atoms with Crippen LogP contribution in [0.15, 0.2) is 145 Å². The summed E-state index contributed by atoms with van der Waals surface area (Å²) in [5.41, 5.74) is 8.29. The van der Waals surface area contributed by atoms with Crippen LogP contribution in [0.3, 0.4) is 0 Å². The number of morpholine rings is 2. The number of nitrogens with one attached hydrogen (secondary N) is 4. The Balaban J connectivity index is 0.000000293. The molecule has 98 heavy (non-hydrogen) atoms. The monoisotopic (exact) mass is 1410 g/mol. The van der Waals surface area contributed by atoms with E-state index in [4.69, 9.17) is 18.9 Å². The molecule has 4 N–H and O–H groups in total. The molecule has 0 radical (unpaired) electrons. The molecule has 0 spiro atoms. The summed E-state index contributed by atoms with van der Waals surface area (Å²) >= 11 is 2.93. The van der Waals surface area contributed by atoms with Crippen molar-refractivity contribution in [3.63, 3.8) is 0 Å². The molecule has 2 saturated heterocycles. The van der Waals surface area contributed by atoms with Crippen LogP contribution in [0.5, 0.6) is 0 Å². The molecule has 4 aromatic carbocycles. The maximum Gasteiger partial charge on any atom is 1.00 e. The number of aliphatic carboxylic acids is 1. The van der Waals surface area contributed by atoms with E-state index in [2.05, 4.69) is 109 Å². The number of rotatable bonds is 34. The van der Waals surface area contributed by atoms with E-state index < -0.39 is 30.2 Å². The van der Waals surface area contributed by atoms with Crippen LogP contribution in [0.25, 0.3) is 0 Å². The molecule has 0 bridgehead atoms. The van der Waals surface area contributed by atoms with E-state index in [0.29, 0.717) is 84.0 Å². The van der Waals surface area contributed by atoms with Crippen molar-refractivity contribution >= 4 is 58.7 Å². The third-order valence-electron chi connectivity index (χ3n) is 17.3. The number of carboxylic acids is 1. The normalized spacial score (nSPS) is 14.9. The van der Waals surface area contributed by atoms with Gasteiger partial charge in [0, 0.05) is 96.3 Å². The van der Waals surface area contributed by atoms with Crippen molar-refractivity contribution in [1.29, 1.82) is 0 Å². The van der Waals surface area contributed by atoms with E-state index in [9.17, 15) is 33.9 Å². The van der Waals surface area contributed by atoms with Crippen LogP contribution in [-0.4, -0.2) is 182 Å². The predicted molar refractivity (Wildman–Crippen MR) is 379 cm³/mol. The molecule has 528 valence electrons. The van der Waals surface area contributed by atoms with Crippen molar-refractivity contribution in [3.8, 4) is 0 Å². The van der Waals surface area contributed by atoms with E-state index in [1.54, 1.807) is 42.4 Å². The molecule has 2 aromatic heterocycles. The molecule has 0 aliphatic carbocycles. The van der Waals surface area contributed by atoms with Gasteiger partial charge in [-0.1, -0.05) is 128 Å². The summed E-state index contributed by atoms with van der Waals surface area (Å²) in [5.74, 6) is -0.653. The van der Waals surface area contributed by atoms with Crippen molar-refractivity contribution < 1.29 is 104 Å². The molecule has 0 unspecified atom stereocenters. The molecule has 6 aromatic rings. The molecule has 0 saturated carbocycles. The number of ether oxygens (including phenoxy) is 4. The van der Waals surface area contributed by atoms with Gasteiger partial charge in [0.1, 0.15) is 13.2 Å². The molecule has 8 rings (SSSR count). The third kappa shape index (κ3) is 33.3. The van der Waals surface area contributed by atoms with Crippen molar-refractivity contribution in [3.05, 3.63) is 177 Å². The van der Waals surface area contributed by atoms with Crippen molar-refractivity contribution in [2.45, 2.75) is 155 Å². The number of carbonyl (C=O) groups is 6. The molecule has 2 aliphatic heterocycles. The maximum absolute atomic E-state index is 14.1. The molecule has 2 aliphatic rings. The first kappa shape index (κ1) is 82.5. The number of benzene rings is 4. The maximum atomic E-state index is 14.1. The summed E-state index contributed by atoms with van der Waals surface area (Å²) in [6.45, 7) is 17.6. The standard InChI is InChI=1S/C37H51N5O5S.C24H28N2O2S.C13H25N3O4.K/c1-28(2)41(3)36(44)40-34(16-17-42-18-20-46-21-19-42)35(43)24-31(22-29-10-6-4-7-11-29)14-15-32(23-30-12-8-5-9-13-30)39-37(45)47-26-33-25-38-27-48-33;1-19(14-20-8-4-2-5-9-20)12-13-22(15-21-10-6-3-7-11-21)26-24(27)28-17-23-16-25-18-29-23;1-10(2)15(3)13(19)14-11(12(17)18)4-5-16-6-8-20-9-7-16;/h4-13,25,27-28,31-32,34H,14-24,26H2,1-3H3,(H,39,45)(H,40,44);2-11,16,18-19,22H,12-15,17H2,1H3,(H,26,27);10-11H,4-9H2,1-3H3,(H,14,19)(H,17,18);/q;;;+1/p-1/t31-,32-,34+;19-,22-;11-;/m110./s1. The molecule has 2 fully saturated rings. The largest absolute Gasteiger partial charge is 1.00 e. The van der Waals surface area contributed by atoms with Gasteiger partial charge in [-0.25, -0.2) is 19.2 Å². The number of carboxylic acid groups (broad SMARTS) is 1. The Morgan fingerprint density at radius 2 is 0.888 bits per heavy atom. The predicted octanol–water partition coefficient (Wildman–Crippen LogP) is 7.24. The van der Waals surface area contributed by atoms with Gasteiger partial charge in [-0.2, -0.15) is 0 Å². The minimum absolute atomic E-state index is 0. The number of alkyl carbamates (subject to hydrolysis) is 2. The first-order chi connectivity index (χ1) is 46.9. The van der Waals surface area contributed by atoms with Gasteiger partial charge >= 0.3 is 75.6 Å². The van der Waals surface area contributed by atoms with Crippen LogP contribution < -0.4 is 77.8 Å². The van der Waals surface area contributed by atoms with Crippen LogP contribution in [0.4, 0.5) is 19.2 Å². The van der Waals surface area contributed by atoms with Gasteiger partial charge in [0.25, 0.3) is 0 Å². The van der Waals surface area contributed by atoms with E-state index in [0.717, 1.165) is 79.2 Å². The molecule has 6 amide bonds. The summed E-state index contributed by atoms with van der Waals surface area (Å²) in [6.07, 6.45) is 10.3. The third-order valence-corrected chi connectivity index (χ3v) is 18.8. The van der Waals surface area contributed by atoms with E-state index in [1.165, 1.54) is 38.7 Å².